The van der Waals surface area contributed by atoms with E-state index < -0.39 is 77.7 Å². The van der Waals surface area contributed by atoms with Gasteiger partial charge in [0, 0.05) is 41.7 Å². The number of thiazole rings is 1. The van der Waals surface area contributed by atoms with Crippen LogP contribution in [0.3, 0.4) is 0 Å². The molecule has 1 aromatic heterocycles. The summed E-state index contributed by atoms with van der Waals surface area (Å²) in [4.78, 5) is 106. The number of nitrogens with zero attached hydrogens (tertiary/aromatic N) is 2. The molecule has 0 bridgehead atoms. The van der Waals surface area contributed by atoms with E-state index in [1.807, 2.05) is 24.3 Å². The molecule has 6 aromatic rings. The highest BCUT2D eigenvalue weighted by atomic mass is 32.1. The molecule has 0 radical (unpaired) electrons. The molecule has 5 aromatic carbocycles. The van der Waals surface area contributed by atoms with Gasteiger partial charge in [0.05, 0.1) is 46.6 Å². The summed E-state index contributed by atoms with van der Waals surface area (Å²) in [6.45, 7) is 12.6. The summed E-state index contributed by atoms with van der Waals surface area (Å²) in [5.41, 5.74) is 2.51. The van der Waals surface area contributed by atoms with Gasteiger partial charge in [0.2, 0.25) is 0 Å². The Balaban J connectivity index is 0.856. The summed E-state index contributed by atoms with van der Waals surface area (Å²) >= 11 is 1.39. The van der Waals surface area contributed by atoms with Gasteiger partial charge < -0.3 is 47.4 Å². The molecule has 2 unspecified atom stereocenters. The maximum atomic E-state index is 14.2. The van der Waals surface area contributed by atoms with E-state index in [0.29, 0.717) is 90.8 Å². The largest absolute Gasteiger partial charge is 0.490 e. The van der Waals surface area contributed by atoms with Crippen LogP contribution in [0.15, 0.2) is 148 Å². The van der Waals surface area contributed by atoms with Crippen molar-refractivity contribution >= 4 is 80.1 Å². The highest BCUT2D eigenvalue weighted by Crippen LogP contribution is 2.44. The Bertz CT molecular complexity index is 3570. The minimum absolute atomic E-state index is 0.0343. The molecule has 2 saturated carbocycles. The predicted octanol–water partition coefficient (Wildman–Crippen LogP) is 10.2. The molecule has 0 spiro atoms. The van der Waals surface area contributed by atoms with Crippen LogP contribution in [0.4, 0.5) is 0 Å². The monoisotopic (exact) mass is 1200 g/mol. The summed E-state index contributed by atoms with van der Waals surface area (Å²) in [5.74, 6) is -4.86. The van der Waals surface area contributed by atoms with Crippen molar-refractivity contribution in [3.8, 4) is 45.4 Å². The molecule has 0 amide bonds. The summed E-state index contributed by atoms with van der Waals surface area (Å²) < 4.78 is 56.3. The van der Waals surface area contributed by atoms with Gasteiger partial charge in [-0.15, -0.1) is 11.3 Å². The number of nitriles is 1. The van der Waals surface area contributed by atoms with E-state index in [2.05, 4.69) is 32.4 Å². The second-order valence-electron chi connectivity index (χ2n) is 20.3. The van der Waals surface area contributed by atoms with Crippen molar-refractivity contribution in [3.05, 3.63) is 159 Å². The number of aromatic nitrogens is 1. The number of carbonyl (C=O) groups is 8. The molecule has 2 aliphatic rings. The Morgan fingerprint density at radius 3 is 1.39 bits per heavy atom. The summed E-state index contributed by atoms with van der Waals surface area (Å²) in [6, 6.07) is 29.1. The molecule has 1 heterocycles. The first kappa shape index (κ1) is 63.1. The highest BCUT2D eigenvalue weighted by molar-refractivity contribution is 7.22. The molecule has 2 aliphatic carbocycles. The third-order valence-electron chi connectivity index (χ3n) is 14.5. The Morgan fingerprint density at radius 2 is 0.943 bits per heavy atom. The number of rotatable bonds is 27. The third kappa shape index (κ3) is 17.4. The number of fused-ring (bicyclic) bond motifs is 2. The lowest BCUT2D eigenvalue weighted by Crippen LogP contribution is -2.30. The molecule has 0 N–H and O–H groups in total. The number of ether oxygens (including phenoxy) is 10. The minimum atomic E-state index is -0.931. The van der Waals surface area contributed by atoms with Crippen LogP contribution >= 0.6 is 11.3 Å². The molecule has 0 aliphatic heterocycles. The molecule has 450 valence electrons. The number of esters is 8. The van der Waals surface area contributed by atoms with Crippen molar-refractivity contribution in [3.63, 3.8) is 0 Å². The lowest BCUT2D eigenvalue weighted by atomic mass is 9.82. The number of benzene rings is 5. The fraction of sp³-hybridized carbons (Fsp3) is 0.303. The first-order valence-electron chi connectivity index (χ1n) is 28.0. The van der Waals surface area contributed by atoms with E-state index in [1.165, 1.54) is 11.3 Å². The van der Waals surface area contributed by atoms with Gasteiger partial charge >= 0.3 is 47.8 Å². The van der Waals surface area contributed by atoms with Crippen molar-refractivity contribution in [1.82, 2.24) is 4.98 Å². The van der Waals surface area contributed by atoms with Crippen LogP contribution in [0.1, 0.15) is 62.5 Å². The lowest BCUT2D eigenvalue weighted by Gasteiger charge is -2.26. The first-order valence-corrected chi connectivity index (χ1v) is 28.8. The van der Waals surface area contributed by atoms with E-state index in [1.54, 1.807) is 72.8 Å². The van der Waals surface area contributed by atoms with Crippen LogP contribution in [-0.2, 0) is 68.5 Å². The second kappa shape index (κ2) is 30.7. The van der Waals surface area contributed by atoms with Gasteiger partial charge in [-0.1, -0.05) is 62.7 Å². The molecular formula is C66H62N2O18S. The standard InChI is InChI=1S/C66H62N2O18S/c1-5-55(69)80-38-50(82-57(71)7-3)36-78-46-25-29-48(30-26-46)84-64(74)43-19-17-42(18-20-43)63(73)77-34-33-54-52-11-9-10-12-53(52)60(59-61(54)87-62(68-59)41-15-13-40(35-67)14-16-41)86-66(76)45-23-21-44(22-24-45)65(75)85-49-31-27-47(28-32-49)79-37-51(83-58(72)8-4)39-81-56(70)6-2/h5-16,25-32,42-45,50-51H,1-4,17-24,33-34,36-39H2. The van der Waals surface area contributed by atoms with Crippen molar-refractivity contribution < 1.29 is 85.7 Å². The van der Waals surface area contributed by atoms with Gasteiger partial charge in [0.15, 0.2) is 18.0 Å². The van der Waals surface area contributed by atoms with Gasteiger partial charge in [-0.25, -0.2) is 24.2 Å². The maximum Gasteiger partial charge on any atom is 0.330 e. The van der Waals surface area contributed by atoms with E-state index in [0.717, 1.165) is 45.5 Å². The Kier molecular flexibility index (Phi) is 22.3. The molecular weight excluding hydrogens is 1140 g/mol. The van der Waals surface area contributed by atoms with Gasteiger partial charge in [0.1, 0.15) is 59.9 Å². The zero-order valence-corrected chi connectivity index (χ0v) is 48.2. The molecule has 0 saturated heterocycles. The number of hydrogen-bond acceptors (Lipinski definition) is 21. The fourth-order valence-electron chi connectivity index (χ4n) is 9.83. The zero-order chi connectivity index (χ0) is 61.8. The molecule has 21 heteroatoms. The van der Waals surface area contributed by atoms with Crippen LogP contribution < -0.4 is 23.7 Å². The van der Waals surface area contributed by atoms with E-state index >= 15 is 0 Å². The molecule has 87 heavy (non-hydrogen) atoms. The quantitative estimate of drug-likeness (QED) is 0.0201. The van der Waals surface area contributed by atoms with E-state index in [9.17, 15) is 43.6 Å². The number of carbonyl (C=O) groups excluding carboxylic acids is 8. The van der Waals surface area contributed by atoms with Crippen molar-refractivity contribution in [2.45, 2.75) is 70.0 Å². The van der Waals surface area contributed by atoms with Gasteiger partial charge in [0.25, 0.3) is 0 Å². The van der Waals surface area contributed by atoms with Gasteiger partial charge in [-0.3, -0.25) is 19.2 Å². The van der Waals surface area contributed by atoms with E-state index in [-0.39, 0.29) is 56.3 Å². The Hall–Kier alpha value is -9.94. The van der Waals surface area contributed by atoms with Crippen LogP contribution in [0, 0.1) is 35.0 Å². The van der Waals surface area contributed by atoms with Crippen LogP contribution in [-0.4, -0.2) is 98.0 Å². The summed E-state index contributed by atoms with van der Waals surface area (Å²) in [7, 11) is 0. The molecule has 20 nitrogen and oxygen atoms in total. The van der Waals surface area contributed by atoms with Crippen molar-refractivity contribution in [2.75, 3.05) is 33.0 Å². The maximum absolute atomic E-state index is 14.2. The fourth-order valence-corrected chi connectivity index (χ4v) is 11.0. The SMILES string of the molecule is C=CC(=O)OCC(COc1ccc(OC(=O)C2CCC(C(=O)OCCc3c4ccccc4c(OC(=O)C4CCC(C(=O)Oc5ccc(OCC(COC(=O)C=C)OC(=O)C=C)cc5)CC4)c4nc(-c5ccc(C#N)cc5)sc34)CC2)cc1)OC(=O)C=C. The smallest absolute Gasteiger partial charge is 0.330 e. The van der Waals surface area contributed by atoms with Crippen LogP contribution in [0.5, 0.6) is 28.7 Å². The predicted molar refractivity (Wildman–Crippen MR) is 316 cm³/mol. The zero-order valence-electron chi connectivity index (χ0n) is 47.4. The van der Waals surface area contributed by atoms with E-state index in [4.69, 9.17) is 52.4 Å². The van der Waals surface area contributed by atoms with Crippen LogP contribution in [0.25, 0.3) is 31.6 Å². The molecule has 2 atom stereocenters. The Morgan fingerprint density at radius 1 is 0.517 bits per heavy atom. The molecule has 8 rings (SSSR count). The first-order chi connectivity index (χ1) is 42.1. The number of hydrogen-bond donors (Lipinski definition) is 0. The topological polar surface area (TPSA) is 266 Å². The average molecular weight is 1200 g/mol. The Labute approximate surface area is 504 Å². The van der Waals surface area contributed by atoms with Crippen LogP contribution in [0.2, 0.25) is 0 Å². The average Bonchev–Trinajstić information content (AvgIpc) is 1.86. The van der Waals surface area contributed by atoms with Gasteiger partial charge in [-0.2, -0.15) is 5.26 Å². The minimum Gasteiger partial charge on any atom is -0.490 e. The third-order valence-corrected chi connectivity index (χ3v) is 15.6. The second-order valence-corrected chi connectivity index (χ2v) is 21.3. The van der Waals surface area contributed by atoms with Crippen molar-refractivity contribution in [1.29, 1.82) is 5.26 Å². The summed E-state index contributed by atoms with van der Waals surface area (Å²) in [5, 5.41) is 11.5. The summed E-state index contributed by atoms with van der Waals surface area (Å²) in [6.07, 6.45) is 5.50. The molecule has 2 fully saturated rings. The lowest BCUT2D eigenvalue weighted by molar-refractivity contribution is -0.154. The van der Waals surface area contributed by atoms with Crippen molar-refractivity contribution in [2.24, 2.45) is 23.7 Å². The highest BCUT2D eigenvalue weighted by Gasteiger charge is 2.35. The normalized spacial score (nSPS) is 16.9. The van der Waals surface area contributed by atoms with Gasteiger partial charge in [-0.05, 0) is 123 Å².